The molecule has 0 radical (unpaired) electrons. The van der Waals surface area contributed by atoms with Gasteiger partial charge < -0.3 is 15.8 Å². The van der Waals surface area contributed by atoms with Gasteiger partial charge in [-0.05, 0) is 18.9 Å². The summed E-state index contributed by atoms with van der Waals surface area (Å²) in [6.07, 6.45) is 1.90. The molecular formula is C14H18F2N2O2. The molecule has 1 aromatic carbocycles. The first kappa shape index (κ1) is 14.7. The van der Waals surface area contributed by atoms with Crippen LogP contribution in [0.4, 0.5) is 14.5 Å². The van der Waals surface area contributed by atoms with E-state index < -0.39 is 17.5 Å². The summed E-state index contributed by atoms with van der Waals surface area (Å²) in [6, 6.07) is 1.64. The molecule has 0 saturated carbocycles. The molecular weight excluding hydrogens is 266 g/mol. The van der Waals surface area contributed by atoms with E-state index in [1.54, 1.807) is 0 Å². The Bertz CT molecular complexity index is 508. The molecule has 2 atom stereocenters. The quantitative estimate of drug-likeness (QED) is 0.832. The Kier molecular flexibility index (Phi) is 4.54. The molecule has 1 amide bonds. The van der Waals surface area contributed by atoms with Crippen molar-refractivity contribution in [1.82, 2.24) is 5.32 Å². The molecule has 1 fully saturated rings. The van der Waals surface area contributed by atoms with Crippen molar-refractivity contribution in [3.05, 3.63) is 29.3 Å². The molecule has 2 unspecified atom stereocenters. The van der Waals surface area contributed by atoms with Crippen molar-refractivity contribution in [3.63, 3.8) is 0 Å². The molecule has 6 heteroatoms. The zero-order valence-corrected chi connectivity index (χ0v) is 11.3. The molecule has 4 nitrogen and oxygen atoms in total. The number of hydrogen-bond acceptors (Lipinski definition) is 3. The predicted molar refractivity (Wildman–Crippen MR) is 71.2 cm³/mol. The molecule has 1 aromatic rings. The Labute approximate surface area is 116 Å². The summed E-state index contributed by atoms with van der Waals surface area (Å²) < 4.78 is 31.6. The first-order chi connectivity index (χ1) is 9.52. The molecule has 0 aliphatic carbocycles. The van der Waals surface area contributed by atoms with Gasteiger partial charge >= 0.3 is 0 Å². The molecule has 1 aliphatic rings. The van der Waals surface area contributed by atoms with E-state index in [0.717, 1.165) is 25.0 Å². The SMILES string of the molecule is CCC1OCCC1CNC(=O)c1cc(F)c(F)cc1N. The largest absolute Gasteiger partial charge is 0.398 e. The van der Waals surface area contributed by atoms with E-state index in [9.17, 15) is 13.6 Å². The predicted octanol–water partition coefficient (Wildman–Crippen LogP) is 2.09. The highest BCUT2D eigenvalue weighted by Gasteiger charge is 2.27. The van der Waals surface area contributed by atoms with Gasteiger partial charge in [0.25, 0.3) is 5.91 Å². The first-order valence-corrected chi connectivity index (χ1v) is 6.67. The number of nitrogens with one attached hydrogen (secondary N) is 1. The zero-order chi connectivity index (χ0) is 14.7. The molecule has 1 heterocycles. The van der Waals surface area contributed by atoms with Crippen molar-refractivity contribution in [1.29, 1.82) is 0 Å². The molecule has 20 heavy (non-hydrogen) atoms. The van der Waals surface area contributed by atoms with Crippen LogP contribution in [0, 0.1) is 17.6 Å². The maximum absolute atomic E-state index is 13.1. The van der Waals surface area contributed by atoms with Crippen LogP contribution in [0.25, 0.3) is 0 Å². The fourth-order valence-electron chi connectivity index (χ4n) is 2.46. The third kappa shape index (κ3) is 3.07. The van der Waals surface area contributed by atoms with Crippen molar-refractivity contribution in [2.24, 2.45) is 5.92 Å². The highest BCUT2D eigenvalue weighted by Crippen LogP contribution is 2.23. The van der Waals surface area contributed by atoms with Crippen LogP contribution in [-0.2, 0) is 4.74 Å². The highest BCUT2D eigenvalue weighted by atomic mass is 19.2. The Morgan fingerprint density at radius 2 is 2.15 bits per heavy atom. The van der Waals surface area contributed by atoms with Gasteiger partial charge in [0.2, 0.25) is 0 Å². The minimum absolute atomic E-state index is 0.0455. The molecule has 0 aromatic heterocycles. The lowest BCUT2D eigenvalue weighted by Gasteiger charge is -2.17. The number of carbonyl (C=O) groups excluding carboxylic acids is 1. The van der Waals surface area contributed by atoms with E-state index in [1.165, 1.54) is 0 Å². The van der Waals surface area contributed by atoms with Crippen LogP contribution in [0.1, 0.15) is 30.1 Å². The molecule has 1 saturated heterocycles. The summed E-state index contributed by atoms with van der Waals surface area (Å²) in [5.41, 5.74) is 5.42. The molecule has 0 bridgehead atoms. The Morgan fingerprint density at radius 1 is 1.45 bits per heavy atom. The molecule has 0 spiro atoms. The molecule has 2 rings (SSSR count). The first-order valence-electron chi connectivity index (χ1n) is 6.67. The number of amides is 1. The number of anilines is 1. The summed E-state index contributed by atoms with van der Waals surface area (Å²) in [7, 11) is 0. The van der Waals surface area contributed by atoms with Crippen LogP contribution in [0.2, 0.25) is 0 Å². The van der Waals surface area contributed by atoms with E-state index >= 15 is 0 Å². The molecule has 3 N–H and O–H groups in total. The summed E-state index contributed by atoms with van der Waals surface area (Å²) in [4.78, 5) is 12.0. The van der Waals surface area contributed by atoms with Gasteiger partial charge in [-0.2, -0.15) is 0 Å². The second-order valence-electron chi connectivity index (χ2n) is 4.93. The number of halogens is 2. The van der Waals surface area contributed by atoms with Crippen LogP contribution in [-0.4, -0.2) is 25.2 Å². The Balaban J connectivity index is 2.00. The minimum atomic E-state index is -1.08. The van der Waals surface area contributed by atoms with Crippen molar-refractivity contribution in [2.45, 2.75) is 25.9 Å². The van der Waals surface area contributed by atoms with E-state index in [4.69, 9.17) is 10.5 Å². The average molecular weight is 284 g/mol. The van der Waals surface area contributed by atoms with Gasteiger partial charge in [0.05, 0.1) is 11.7 Å². The number of hydrogen-bond donors (Lipinski definition) is 2. The lowest BCUT2D eigenvalue weighted by atomic mass is 9.99. The van der Waals surface area contributed by atoms with E-state index in [-0.39, 0.29) is 23.3 Å². The summed E-state index contributed by atoms with van der Waals surface area (Å²) >= 11 is 0. The van der Waals surface area contributed by atoms with Gasteiger partial charge in [-0.15, -0.1) is 0 Å². The summed E-state index contributed by atoms with van der Waals surface area (Å²) in [5.74, 6) is -2.40. The zero-order valence-electron chi connectivity index (χ0n) is 11.3. The fourth-order valence-corrected chi connectivity index (χ4v) is 2.46. The minimum Gasteiger partial charge on any atom is -0.398 e. The molecule has 110 valence electrons. The highest BCUT2D eigenvalue weighted by molar-refractivity contribution is 5.99. The number of rotatable bonds is 4. The van der Waals surface area contributed by atoms with Gasteiger partial charge in [-0.25, -0.2) is 8.78 Å². The van der Waals surface area contributed by atoms with Gasteiger partial charge in [0.15, 0.2) is 11.6 Å². The number of nitrogen functional groups attached to an aromatic ring is 1. The van der Waals surface area contributed by atoms with Crippen molar-refractivity contribution in [3.8, 4) is 0 Å². The van der Waals surface area contributed by atoms with Crippen LogP contribution in [0.15, 0.2) is 12.1 Å². The fraction of sp³-hybridized carbons (Fsp3) is 0.500. The normalized spacial score (nSPS) is 21.9. The number of nitrogens with two attached hydrogens (primary N) is 1. The van der Waals surface area contributed by atoms with Gasteiger partial charge in [0, 0.05) is 30.8 Å². The third-order valence-electron chi connectivity index (χ3n) is 3.61. The number of ether oxygens (including phenoxy) is 1. The standard InChI is InChI=1S/C14H18F2N2O2/c1-2-13-8(3-4-20-13)7-18-14(19)9-5-10(15)11(16)6-12(9)17/h5-6,8,13H,2-4,7,17H2,1H3,(H,18,19). The van der Waals surface area contributed by atoms with Crippen LogP contribution >= 0.6 is 0 Å². The maximum Gasteiger partial charge on any atom is 0.253 e. The van der Waals surface area contributed by atoms with Crippen molar-refractivity contribution < 1.29 is 18.3 Å². The maximum atomic E-state index is 13.1. The van der Waals surface area contributed by atoms with E-state index in [0.29, 0.717) is 13.2 Å². The number of carbonyl (C=O) groups is 1. The van der Waals surface area contributed by atoms with Gasteiger partial charge in [-0.3, -0.25) is 4.79 Å². The lowest BCUT2D eigenvalue weighted by molar-refractivity contribution is 0.0827. The van der Waals surface area contributed by atoms with E-state index in [1.807, 2.05) is 6.92 Å². The smallest absolute Gasteiger partial charge is 0.253 e. The monoisotopic (exact) mass is 284 g/mol. The Morgan fingerprint density at radius 3 is 2.85 bits per heavy atom. The number of benzene rings is 1. The second-order valence-corrected chi connectivity index (χ2v) is 4.93. The van der Waals surface area contributed by atoms with E-state index in [2.05, 4.69) is 5.32 Å². The summed E-state index contributed by atoms with van der Waals surface area (Å²) in [6.45, 7) is 3.15. The van der Waals surface area contributed by atoms with Gasteiger partial charge in [0.1, 0.15) is 0 Å². The molecule has 1 aliphatic heterocycles. The van der Waals surface area contributed by atoms with Crippen LogP contribution < -0.4 is 11.1 Å². The van der Waals surface area contributed by atoms with Crippen LogP contribution in [0.5, 0.6) is 0 Å². The average Bonchev–Trinajstić information content (AvgIpc) is 2.87. The topological polar surface area (TPSA) is 64.3 Å². The summed E-state index contributed by atoms with van der Waals surface area (Å²) in [5, 5.41) is 2.70. The van der Waals surface area contributed by atoms with Gasteiger partial charge in [-0.1, -0.05) is 6.92 Å². The second kappa shape index (κ2) is 6.17. The Hall–Kier alpha value is -1.69. The van der Waals surface area contributed by atoms with Crippen molar-refractivity contribution in [2.75, 3.05) is 18.9 Å². The third-order valence-corrected chi connectivity index (χ3v) is 3.61. The van der Waals surface area contributed by atoms with Crippen molar-refractivity contribution >= 4 is 11.6 Å². The lowest BCUT2D eigenvalue weighted by Crippen LogP contribution is -2.33. The van der Waals surface area contributed by atoms with Crippen LogP contribution in [0.3, 0.4) is 0 Å².